The number of hydrogen-bond acceptors (Lipinski definition) is 4. The van der Waals surface area contributed by atoms with E-state index in [2.05, 4.69) is 4.74 Å². The molecule has 0 N–H and O–H groups in total. The molecule has 2 amide bonds. The number of rotatable bonds is 5. The van der Waals surface area contributed by atoms with E-state index in [-0.39, 0.29) is 17.7 Å². The zero-order valence-corrected chi connectivity index (χ0v) is 18.3. The highest BCUT2D eigenvalue weighted by molar-refractivity contribution is 5.92. The van der Waals surface area contributed by atoms with Gasteiger partial charge in [0.1, 0.15) is 11.4 Å². The highest BCUT2D eigenvalue weighted by Crippen LogP contribution is 2.36. The molecule has 0 radical (unpaired) electrons. The monoisotopic (exact) mass is 466 g/mol. The Morgan fingerprint density at radius 3 is 2.00 bits per heavy atom. The van der Waals surface area contributed by atoms with Gasteiger partial charge < -0.3 is 19.3 Å². The predicted molar refractivity (Wildman–Crippen MR) is 107 cm³/mol. The Balaban J connectivity index is 2.01. The van der Waals surface area contributed by atoms with Gasteiger partial charge >= 0.3 is 18.2 Å². The van der Waals surface area contributed by atoms with Crippen LogP contribution in [0.4, 0.5) is 32.4 Å². The highest BCUT2D eigenvalue weighted by Gasteiger charge is 2.58. The minimum Gasteiger partial charge on any atom is -0.487 e. The van der Waals surface area contributed by atoms with Crippen LogP contribution in [0.25, 0.3) is 0 Å². The van der Waals surface area contributed by atoms with E-state index >= 15 is 0 Å². The van der Waals surface area contributed by atoms with Gasteiger partial charge in [-0.1, -0.05) is 0 Å². The van der Waals surface area contributed by atoms with Gasteiger partial charge in [-0.05, 0) is 57.9 Å². The van der Waals surface area contributed by atoms with Crippen molar-refractivity contribution in [2.45, 2.75) is 64.3 Å². The molecule has 1 saturated heterocycles. The third-order valence-corrected chi connectivity index (χ3v) is 4.77. The largest absolute Gasteiger partial charge is 0.487 e. The Hall–Kier alpha value is -2.59. The smallest absolute Gasteiger partial charge is 0.456 e. The van der Waals surface area contributed by atoms with E-state index in [0.29, 0.717) is 31.6 Å². The average molecular weight is 466 g/mol. The number of nitrogens with zero attached hydrogens (tertiary/aromatic N) is 2. The summed E-state index contributed by atoms with van der Waals surface area (Å²) < 4.78 is 72.7. The number of carbonyl (C=O) groups is 2. The lowest BCUT2D eigenvalue weighted by Crippen LogP contribution is -2.49. The third kappa shape index (κ3) is 6.70. The molecule has 0 bridgehead atoms. The standard InChI is InChI=1S/C21H27F5N2O4/c1-14(29)28(16-9-11-27(12-10-16)18(30)32-19(2,3)4)15-5-7-17(8-6-15)31-13-20(22,23)21(24,25)26/h5-8,16H,9-13H2,1-4H3. The first-order valence-electron chi connectivity index (χ1n) is 10.1. The Morgan fingerprint density at radius 1 is 1.03 bits per heavy atom. The van der Waals surface area contributed by atoms with Gasteiger partial charge in [0.25, 0.3) is 0 Å². The lowest BCUT2D eigenvalue weighted by Gasteiger charge is -2.38. The summed E-state index contributed by atoms with van der Waals surface area (Å²) in [5.41, 5.74) is -0.170. The number of amides is 2. The molecule has 0 saturated carbocycles. The Bertz CT molecular complexity index is 798. The van der Waals surface area contributed by atoms with Crippen molar-refractivity contribution in [3.05, 3.63) is 24.3 Å². The molecule has 1 heterocycles. The van der Waals surface area contributed by atoms with Gasteiger partial charge in [-0.2, -0.15) is 22.0 Å². The lowest BCUT2D eigenvalue weighted by atomic mass is 10.0. The van der Waals surface area contributed by atoms with Crippen molar-refractivity contribution < 1.29 is 41.0 Å². The lowest BCUT2D eigenvalue weighted by molar-refractivity contribution is -0.290. The van der Waals surface area contributed by atoms with Crippen LogP contribution in [-0.4, -0.2) is 60.3 Å². The molecular formula is C21H27F5N2O4. The number of ether oxygens (including phenoxy) is 2. The van der Waals surface area contributed by atoms with Gasteiger partial charge in [-0.15, -0.1) is 0 Å². The first-order chi connectivity index (χ1) is 14.6. The van der Waals surface area contributed by atoms with Crippen molar-refractivity contribution in [3.8, 4) is 5.75 Å². The van der Waals surface area contributed by atoms with E-state index in [1.54, 1.807) is 25.7 Å². The quantitative estimate of drug-likeness (QED) is 0.572. The zero-order valence-electron chi connectivity index (χ0n) is 18.3. The minimum absolute atomic E-state index is 0.180. The predicted octanol–water partition coefficient (Wildman–Crippen LogP) is 5.02. The van der Waals surface area contributed by atoms with Crippen LogP contribution in [0.3, 0.4) is 0 Å². The molecule has 1 fully saturated rings. The van der Waals surface area contributed by atoms with Gasteiger partial charge in [0.2, 0.25) is 5.91 Å². The molecule has 0 atom stereocenters. The normalized spacial score (nSPS) is 16.0. The number of halogens is 5. The van der Waals surface area contributed by atoms with Crippen molar-refractivity contribution in [3.63, 3.8) is 0 Å². The van der Waals surface area contributed by atoms with Crippen LogP contribution in [0.5, 0.6) is 5.75 Å². The second-order valence-corrected chi connectivity index (χ2v) is 8.57. The van der Waals surface area contributed by atoms with Gasteiger partial charge in [-0.3, -0.25) is 4.79 Å². The topological polar surface area (TPSA) is 59.1 Å². The molecule has 32 heavy (non-hydrogen) atoms. The molecule has 0 unspecified atom stereocenters. The van der Waals surface area contributed by atoms with E-state index < -0.39 is 30.4 Å². The summed E-state index contributed by atoms with van der Waals surface area (Å²) in [6.45, 7) is 5.62. The molecule has 11 heteroatoms. The minimum atomic E-state index is -5.70. The summed E-state index contributed by atoms with van der Waals surface area (Å²) in [6.07, 6.45) is -5.14. The van der Waals surface area contributed by atoms with E-state index in [0.717, 1.165) is 0 Å². The molecule has 0 aliphatic carbocycles. The van der Waals surface area contributed by atoms with Crippen LogP contribution in [0.2, 0.25) is 0 Å². The van der Waals surface area contributed by atoms with Gasteiger partial charge in [0.15, 0.2) is 6.61 Å². The summed E-state index contributed by atoms with van der Waals surface area (Å²) in [4.78, 5) is 27.6. The molecule has 1 aromatic carbocycles. The van der Waals surface area contributed by atoms with Crippen molar-refractivity contribution in [1.29, 1.82) is 0 Å². The number of alkyl halides is 5. The molecule has 6 nitrogen and oxygen atoms in total. The molecule has 0 aromatic heterocycles. The number of likely N-dealkylation sites (tertiary alicyclic amines) is 1. The Labute approximate surface area is 183 Å². The SMILES string of the molecule is CC(=O)N(c1ccc(OCC(F)(F)C(F)(F)F)cc1)C1CCN(C(=O)OC(C)(C)C)CC1. The van der Waals surface area contributed by atoms with Crippen molar-refractivity contribution >= 4 is 17.7 Å². The number of benzene rings is 1. The maximum Gasteiger partial charge on any atom is 0.456 e. The molecule has 1 aromatic rings. The summed E-state index contributed by atoms with van der Waals surface area (Å²) in [7, 11) is 0. The van der Waals surface area contributed by atoms with Crippen LogP contribution in [0, 0.1) is 0 Å². The molecule has 2 rings (SSSR count). The van der Waals surface area contributed by atoms with Crippen LogP contribution < -0.4 is 9.64 Å². The van der Waals surface area contributed by atoms with Crippen LogP contribution >= 0.6 is 0 Å². The Morgan fingerprint density at radius 2 is 1.56 bits per heavy atom. The van der Waals surface area contributed by atoms with Crippen molar-refractivity contribution in [2.24, 2.45) is 0 Å². The van der Waals surface area contributed by atoms with E-state index in [1.165, 1.54) is 36.1 Å². The van der Waals surface area contributed by atoms with Gasteiger partial charge in [0.05, 0.1) is 0 Å². The van der Waals surface area contributed by atoms with E-state index in [4.69, 9.17) is 4.74 Å². The van der Waals surface area contributed by atoms with E-state index in [9.17, 15) is 31.5 Å². The van der Waals surface area contributed by atoms with E-state index in [1.807, 2.05) is 0 Å². The fraction of sp³-hybridized carbons (Fsp3) is 0.619. The summed E-state index contributed by atoms with van der Waals surface area (Å²) in [5, 5.41) is 0. The Kier molecular flexibility index (Phi) is 7.62. The number of anilines is 1. The fourth-order valence-corrected chi connectivity index (χ4v) is 3.24. The van der Waals surface area contributed by atoms with Gasteiger partial charge in [0, 0.05) is 31.7 Å². The van der Waals surface area contributed by atoms with Crippen LogP contribution in [-0.2, 0) is 9.53 Å². The maximum absolute atomic E-state index is 13.0. The summed E-state index contributed by atoms with van der Waals surface area (Å²) in [6, 6.07) is 5.08. The number of hydrogen-bond donors (Lipinski definition) is 0. The summed E-state index contributed by atoms with van der Waals surface area (Å²) >= 11 is 0. The highest BCUT2D eigenvalue weighted by atomic mass is 19.4. The molecule has 180 valence electrons. The second kappa shape index (κ2) is 9.50. The molecular weight excluding hydrogens is 439 g/mol. The zero-order chi connectivity index (χ0) is 24.3. The van der Waals surface area contributed by atoms with Crippen molar-refractivity contribution in [2.75, 3.05) is 24.6 Å². The third-order valence-electron chi connectivity index (χ3n) is 4.77. The number of carbonyl (C=O) groups excluding carboxylic acids is 2. The first kappa shape index (κ1) is 25.7. The average Bonchev–Trinajstić information content (AvgIpc) is 2.65. The molecule has 1 aliphatic heterocycles. The molecule has 0 spiro atoms. The first-order valence-corrected chi connectivity index (χ1v) is 10.1. The number of piperidine rings is 1. The van der Waals surface area contributed by atoms with Crippen LogP contribution in [0.1, 0.15) is 40.5 Å². The molecule has 1 aliphatic rings. The van der Waals surface area contributed by atoms with Gasteiger partial charge in [-0.25, -0.2) is 4.79 Å². The second-order valence-electron chi connectivity index (χ2n) is 8.57. The van der Waals surface area contributed by atoms with Crippen LogP contribution in [0.15, 0.2) is 24.3 Å². The maximum atomic E-state index is 13.0. The summed E-state index contributed by atoms with van der Waals surface area (Å²) in [5.74, 6) is -5.42. The van der Waals surface area contributed by atoms with Crippen molar-refractivity contribution in [1.82, 2.24) is 4.90 Å². The fourth-order valence-electron chi connectivity index (χ4n) is 3.24.